The van der Waals surface area contributed by atoms with E-state index in [0.29, 0.717) is 23.2 Å². The van der Waals surface area contributed by atoms with E-state index in [1.54, 1.807) is 30.0 Å². The van der Waals surface area contributed by atoms with Gasteiger partial charge in [0.05, 0.1) is 11.0 Å². The van der Waals surface area contributed by atoms with Gasteiger partial charge in [0.2, 0.25) is 0 Å². The van der Waals surface area contributed by atoms with Crippen LogP contribution in [0.4, 0.5) is 11.4 Å². The van der Waals surface area contributed by atoms with Gasteiger partial charge in [0.25, 0.3) is 0 Å². The number of nitro benzene ring substituents is 1. The van der Waals surface area contributed by atoms with E-state index in [-0.39, 0.29) is 11.8 Å². The van der Waals surface area contributed by atoms with Crippen molar-refractivity contribution >= 4 is 23.1 Å². The lowest BCUT2D eigenvalue weighted by molar-refractivity contribution is -0.385. The number of nitro groups is 1. The summed E-state index contributed by atoms with van der Waals surface area (Å²) in [4.78, 5) is 10.8. The molecule has 0 aliphatic rings. The van der Waals surface area contributed by atoms with E-state index in [1.165, 1.54) is 0 Å². The minimum Gasteiger partial charge on any atom is -0.484 e. The van der Waals surface area contributed by atoms with Gasteiger partial charge in [0.1, 0.15) is 5.69 Å². The van der Waals surface area contributed by atoms with Crippen molar-refractivity contribution in [2.75, 3.05) is 18.1 Å². The zero-order valence-electron chi connectivity index (χ0n) is 11.7. The molecule has 5 nitrogen and oxygen atoms in total. The van der Waals surface area contributed by atoms with Crippen molar-refractivity contribution in [3.63, 3.8) is 0 Å². The standard InChI is InChI=1S/C13H20N2O3S/c1-9(2)18-12-7-5-6-11(13(12)15(16)17)14-8-10(3)19-4/h5-7,9-10,14H,8H2,1-4H3. The first-order valence-corrected chi connectivity index (χ1v) is 7.45. The molecule has 0 radical (unpaired) electrons. The topological polar surface area (TPSA) is 64.4 Å². The molecule has 0 fully saturated rings. The Kier molecular flexibility index (Phi) is 5.95. The zero-order valence-corrected chi connectivity index (χ0v) is 12.5. The van der Waals surface area contributed by atoms with E-state index in [9.17, 15) is 10.1 Å². The van der Waals surface area contributed by atoms with Crippen LogP contribution in [0.3, 0.4) is 0 Å². The molecule has 0 spiro atoms. The molecule has 0 aliphatic heterocycles. The molecule has 0 bridgehead atoms. The largest absolute Gasteiger partial charge is 0.484 e. The normalized spacial score (nSPS) is 12.3. The van der Waals surface area contributed by atoms with Gasteiger partial charge < -0.3 is 10.1 Å². The number of rotatable bonds is 7. The average Bonchev–Trinajstić information content (AvgIpc) is 2.34. The van der Waals surface area contributed by atoms with E-state index in [2.05, 4.69) is 12.2 Å². The smallest absolute Gasteiger partial charge is 0.333 e. The fourth-order valence-corrected chi connectivity index (χ4v) is 1.79. The summed E-state index contributed by atoms with van der Waals surface area (Å²) >= 11 is 1.71. The van der Waals surface area contributed by atoms with Crippen LogP contribution >= 0.6 is 11.8 Å². The molecule has 0 heterocycles. The van der Waals surface area contributed by atoms with Gasteiger partial charge in [-0.2, -0.15) is 11.8 Å². The molecule has 0 amide bonds. The van der Waals surface area contributed by atoms with Crippen LogP contribution in [0.25, 0.3) is 0 Å². The molecular weight excluding hydrogens is 264 g/mol. The summed E-state index contributed by atoms with van der Waals surface area (Å²) in [5, 5.41) is 14.7. The third-order valence-electron chi connectivity index (χ3n) is 2.53. The predicted molar refractivity (Wildman–Crippen MR) is 80.3 cm³/mol. The van der Waals surface area contributed by atoms with Gasteiger partial charge in [-0.3, -0.25) is 10.1 Å². The van der Waals surface area contributed by atoms with Crippen molar-refractivity contribution in [2.24, 2.45) is 0 Å². The molecule has 0 aromatic heterocycles. The molecule has 0 saturated heterocycles. The maximum Gasteiger partial charge on any atom is 0.333 e. The number of nitrogens with one attached hydrogen (secondary N) is 1. The Hall–Kier alpha value is -1.43. The average molecular weight is 284 g/mol. The van der Waals surface area contributed by atoms with Gasteiger partial charge in [0.15, 0.2) is 5.75 Å². The van der Waals surface area contributed by atoms with Crippen LogP contribution in [0.5, 0.6) is 5.75 Å². The van der Waals surface area contributed by atoms with Crippen molar-refractivity contribution in [1.29, 1.82) is 0 Å². The number of thioether (sulfide) groups is 1. The number of para-hydroxylation sites is 1. The Morgan fingerprint density at radius 2 is 2.11 bits per heavy atom. The number of ether oxygens (including phenoxy) is 1. The molecule has 1 rings (SSSR count). The fraction of sp³-hybridized carbons (Fsp3) is 0.538. The molecule has 1 N–H and O–H groups in total. The number of hydrogen-bond acceptors (Lipinski definition) is 5. The summed E-state index contributed by atoms with van der Waals surface area (Å²) in [6.07, 6.45) is 1.91. The predicted octanol–water partition coefficient (Wildman–Crippen LogP) is 3.55. The van der Waals surface area contributed by atoms with Gasteiger partial charge in [-0.15, -0.1) is 0 Å². The van der Waals surface area contributed by atoms with Crippen LogP contribution in [0, 0.1) is 10.1 Å². The lowest BCUT2D eigenvalue weighted by Crippen LogP contribution is -2.14. The quantitative estimate of drug-likeness (QED) is 0.613. The van der Waals surface area contributed by atoms with E-state index >= 15 is 0 Å². The third-order valence-corrected chi connectivity index (χ3v) is 3.50. The maximum absolute atomic E-state index is 11.2. The number of nitrogens with zero attached hydrogens (tertiary/aromatic N) is 1. The van der Waals surface area contributed by atoms with Crippen molar-refractivity contribution in [3.05, 3.63) is 28.3 Å². The molecule has 0 aliphatic carbocycles. The lowest BCUT2D eigenvalue weighted by Gasteiger charge is -2.14. The summed E-state index contributed by atoms with van der Waals surface area (Å²) in [5.41, 5.74) is 0.508. The molecule has 1 aromatic rings. The fourth-order valence-electron chi connectivity index (χ4n) is 1.54. The van der Waals surface area contributed by atoms with Crippen LogP contribution in [-0.2, 0) is 0 Å². The summed E-state index contributed by atoms with van der Waals surface area (Å²) in [6, 6.07) is 5.09. The summed E-state index contributed by atoms with van der Waals surface area (Å²) in [6.45, 7) is 6.43. The Balaban J connectivity index is 2.99. The number of hydrogen-bond donors (Lipinski definition) is 1. The third kappa shape index (κ3) is 4.63. The Morgan fingerprint density at radius 3 is 2.63 bits per heavy atom. The highest BCUT2D eigenvalue weighted by Crippen LogP contribution is 2.35. The molecule has 1 unspecified atom stereocenters. The highest BCUT2D eigenvalue weighted by molar-refractivity contribution is 7.99. The Morgan fingerprint density at radius 1 is 1.42 bits per heavy atom. The molecule has 106 valence electrons. The van der Waals surface area contributed by atoms with E-state index in [1.807, 2.05) is 20.1 Å². The first kappa shape index (κ1) is 15.6. The first-order chi connectivity index (χ1) is 8.95. The van der Waals surface area contributed by atoms with Gasteiger partial charge >= 0.3 is 5.69 Å². The highest BCUT2D eigenvalue weighted by Gasteiger charge is 2.21. The minimum atomic E-state index is -0.399. The first-order valence-electron chi connectivity index (χ1n) is 6.16. The van der Waals surface area contributed by atoms with Gasteiger partial charge in [-0.1, -0.05) is 13.0 Å². The SMILES string of the molecule is CSC(C)CNc1cccc(OC(C)C)c1[N+](=O)[O-]. The van der Waals surface area contributed by atoms with Crippen molar-refractivity contribution < 1.29 is 9.66 Å². The number of benzene rings is 1. The van der Waals surface area contributed by atoms with E-state index in [0.717, 1.165) is 0 Å². The summed E-state index contributed by atoms with van der Waals surface area (Å²) in [7, 11) is 0. The number of anilines is 1. The van der Waals surface area contributed by atoms with Crippen LogP contribution in [0.15, 0.2) is 18.2 Å². The second-order valence-electron chi connectivity index (χ2n) is 4.50. The highest BCUT2D eigenvalue weighted by atomic mass is 32.2. The molecule has 6 heteroatoms. The maximum atomic E-state index is 11.2. The monoisotopic (exact) mass is 284 g/mol. The molecule has 0 saturated carbocycles. The molecular formula is C13H20N2O3S. The Labute approximate surface area is 117 Å². The van der Waals surface area contributed by atoms with Crippen LogP contribution < -0.4 is 10.1 Å². The van der Waals surface area contributed by atoms with Crippen LogP contribution in [0.1, 0.15) is 20.8 Å². The van der Waals surface area contributed by atoms with Crippen molar-refractivity contribution in [3.8, 4) is 5.75 Å². The second kappa shape index (κ2) is 7.23. The minimum absolute atomic E-state index is 0.00417. The van der Waals surface area contributed by atoms with Crippen molar-refractivity contribution in [1.82, 2.24) is 0 Å². The zero-order chi connectivity index (χ0) is 14.4. The molecule has 1 atom stereocenters. The van der Waals surface area contributed by atoms with E-state index < -0.39 is 4.92 Å². The van der Waals surface area contributed by atoms with Crippen molar-refractivity contribution in [2.45, 2.75) is 32.1 Å². The summed E-state index contributed by atoms with van der Waals surface area (Å²) < 4.78 is 5.49. The van der Waals surface area contributed by atoms with Gasteiger partial charge in [-0.05, 0) is 32.2 Å². The van der Waals surface area contributed by atoms with Gasteiger partial charge in [0, 0.05) is 11.8 Å². The Bertz CT molecular complexity index is 438. The lowest BCUT2D eigenvalue weighted by atomic mass is 10.2. The molecule has 1 aromatic carbocycles. The summed E-state index contributed by atoms with van der Waals surface area (Å²) in [5.74, 6) is 0.307. The van der Waals surface area contributed by atoms with Gasteiger partial charge in [-0.25, -0.2) is 0 Å². The van der Waals surface area contributed by atoms with E-state index in [4.69, 9.17) is 4.74 Å². The van der Waals surface area contributed by atoms with Crippen LogP contribution in [-0.4, -0.2) is 29.1 Å². The molecule has 19 heavy (non-hydrogen) atoms. The van der Waals surface area contributed by atoms with Crippen LogP contribution in [0.2, 0.25) is 0 Å². The second-order valence-corrected chi connectivity index (χ2v) is 5.78.